The van der Waals surface area contributed by atoms with E-state index in [0.29, 0.717) is 29.0 Å². The Bertz CT molecular complexity index is 1060. The Morgan fingerprint density at radius 1 is 1.21 bits per heavy atom. The van der Waals surface area contributed by atoms with Crippen LogP contribution in [-0.2, 0) is 5.54 Å². The minimum absolute atomic E-state index is 0.253. The summed E-state index contributed by atoms with van der Waals surface area (Å²) in [4.78, 5) is 20.4. The summed E-state index contributed by atoms with van der Waals surface area (Å²) in [5, 5.41) is 2.88. The van der Waals surface area contributed by atoms with Gasteiger partial charge < -0.3 is 11.1 Å². The first-order valence-corrected chi connectivity index (χ1v) is 9.98. The standard InChI is InChI=1S/C20H17F3N4OS/c21-12-7-16(23)17(25-9-12)18(28)26-13-4-5-15(22)14(8-13)20-6-2-1-3-11(20)10-29-19(24)27-20/h3-5,7-9H,1-2,6,10H2,(H2,24,27)(H,26,28)/t20-/m0/s1. The van der Waals surface area contributed by atoms with Gasteiger partial charge in [-0.3, -0.25) is 4.79 Å². The number of hydrogen-bond acceptors (Lipinski definition) is 5. The zero-order chi connectivity index (χ0) is 20.6. The van der Waals surface area contributed by atoms with Crippen molar-refractivity contribution >= 4 is 28.5 Å². The Morgan fingerprint density at radius 3 is 2.83 bits per heavy atom. The average molecular weight is 418 g/mol. The third-order valence-corrected chi connectivity index (χ3v) is 5.88. The number of nitrogens with one attached hydrogen (secondary N) is 1. The van der Waals surface area contributed by atoms with Crippen molar-refractivity contribution in [2.45, 2.75) is 24.8 Å². The summed E-state index contributed by atoms with van der Waals surface area (Å²) in [6, 6.07) is 4.66. The number of amides is 1. The van der Waals surface area contributed by atoms with Gasteiger partial charge in [-0.15, -0.1) is 0 Å². The van der Waals surface area contributed by atoms with E-state index >= 15 is 0 Å². The second-order valence-electron chi connectivity index (χ2n) is 6.85. The predicted molar refractivity (Wildman–Crippen MR) is 106 cm³/mol. The molecule has 3 N–H and O–H groups in total. The van der Waals surface area contributed by atoms with Gasteiger partial charge in [-0.25, -0.2) is 23.1 Å². The number of hydrogen-bond donors (Lipinski definition) is 2. The number of thioether (sulfide) groups is 1. The van der Waals surface area contributed by atoms with Gasteiger partial charge in [-0.05, 0) is 43.0 Å². The van der Waals surface area contributed by atoms with E-state index in [2.05, 4.69) is 21.4 Å². The molecular formula is C20H17F3N4OS. The number of allylic oxidation sites excluding steroid dienone is 1. The molecule has 1 aliphatic heterocycles. The number of anilines is 1. The average Bonchev–Trinajstić information content (AvgIpc) is 2.69. The first kappa shape index (κ1) is 19.5. The van der Waals surface area contributed by atoms with E-state index in [1.165, 1.54) is 30.0 Å². The Labute approximate surface area is 169 Å². The van der Waals surface area contributed by atoms with E-state index in [1.54, 1.807) is 0 Å². The van der Waals surface area contributed by atoms with Crippen molar-refractivity contribution < 1.29 is 18.0 Å². The molecule has 0 radical (unpaired) electrons. The van der Waals surface area contributed by atoms with Gasteiger partial charge in [0.1, 0.15) is 17.2 Å². The number of benzene rings is 1. The second-order valence-corrected chi connectivity index (χ2v) is 7.85. The highest BCUT2D eigenvalue weighted by Crippen LogP contribution is 2.47. The second kappa shape index (κ2) is 7.55. The van der Waals surface area contributed by atoms with E-state index in [9.17, 15) is 18.0 Å². The van der Waals surface area contributed by atoms with Gasteiger partial charge in [0.15, 0.2) is 16.7 Å². The molecule has 9 heteroatoms. The summed E-state index contributed by atoms with van der Waals surface area (Å²) < 4.78 is 41.7. The molecule has 1 aromatic carbocycles. The van der Waals surface area contributed by atoms with Crippen LogP contribution in [-0.4, -0.2) is 21.8 Å². The lowest BCUT2D eigenvalue weighted by molar-refractivity contribution is 0.101. The lowest BCUT2D eigenvalue weighted by Crippen LogP contribution is -2.36. The van der Waals surface area contributed by atoms with Gasteiger partial charge in [-0.1, -0.05) is 17.8 Å². The molecule has 2 aromatic rings. The summed E-state index contributed by atoms with van der Waals surface area (Å²) in [5.74, 6) is -2.67. The highest BCUT2D eigenvalue weighted by Gasteiger charge is 2.42. The Balaban J connectivity index is 1.71. The van der Waals surface area contributed by atoms with Crippen molar-refractivity contribution in [2.24, 2.45) is 10.7 Å². The molecule has 0 spiro atoms. The molecule has 0 unspecified atom stereocenters. The van der Waals surface area contributed by atoms with Gasteiger partial charge in [-0.2, -0.15) is 0 Å². The first-order chi connectivity index (χ1) is 13.9. The molecule has 29 heavy (non-hydrogen) atoms. The number of carbonyl (C=O) groups excluding carboxylic acids is 1. The summed E-state index contributed by atoms with van der Waals surface area (Å²) in [6.45, 7) is 0. The van der Waals surface area contributed by atoms with E-state index in [1.807, 2.05) is 0 Å². The van der Waals surface area contributed by atoms with Crippen molar-refractivity contribution in [3.63, 3.8) is 0 Å². The van der Waals surface area contributed by atoms with Gasteiger partial charge in [0.05, 0.1) is 6.20 Å². The summed E-state index contributed by atoms with van der Waals surface area (Å²) in [6.07, 6.45) is 5.13. The molecule has 2 heterocycles. The molecule has 0 bridgehead atoms. The van der Waals surface area contributed by atoms with Crippen LogP contribution in [0.2, 0.25) is 0 Å². The maximum absolute atomic E-state index is 14.8. The van der Waals surface area contributed by atoms with Crippen LogP contribution in [0.15, 0.2) is 47.1 Å². The van der Waals surface area contributed by atoms with Crippen molar-refractivity contribution in [1.82, 2.24) is 4.98 Å². The highest BCUT2D eigenvalue weighted by molar-refractivity contribution is 8.14. The van der Waals surface area contributed by atoms with Crippen LogP contribution in [0.1, 0.15) is 35.3 Å². The van der Waals surface area contributed by atoms with E-state index in [0.717, 1.165) is 24.6 Å². The Kier molecular flexibility index (Phi) is 5.08. The van der Waals surface area contributed by atoms with Crippen molar-refractivity contribution in [1.29, 1.82) is 0 Å². The number of pyridine rings is 1. The van der Waals surface area contributed by atoms with Crippen molar-refractivity contribution in [3.8, 4) is 0 Å². The molecule has 4 rings (SSSR count). The number of aromatic nitrogens is 1. The first-order valence-electron chi connectivity index (χ1n) is 8.99. The number of nitrogens with zero attached hydrogens (tertiary/aromatic N) is 2. The fourth-order valence-electron chi connectivity index (χ4n) is 3.70. The van der Waals surface area contributed by atoms with Crippen LogP contribution < -0.4 is 11.1 Å². The van der Waals surface area contributed by atoms with Gasteiger partial charge in [0, 0.05) is 23.1 Å². The molecule has 2 aliphatic rings. The number of fused-ring (bicyclic) bond motifs is 1. The number of halogens is 3. The number of amidine groups is 1. The summed E-state index contributed by atoms with van der Waals surface area (Å²) >= 11 is 1.40. The largest absolute Gasteiger partial charge is 0.378 e. The van der Waals surface area contributed by atoms with Crippen LogP contribution in [0.5, 0.6) is 0 Å². The molecule has 0 saturated heterocycles. The van der Waals surface area contributed by atoms with Gasteiger partial charge >= 0.3 is 0 Å². The zero-order valence-electron chi connectivity index (χ0n) is 15.2. The lowest BCUT2D eigenvalue weighted by Gasteiger charge is -2.39. The molecule has 1 aliphatic carbocycles. The lowest BCUT2D eigenvalue weighted by atomic mass is 9.75. The van der Waals surface area contributed by atoms with Crippen LogP contribution in [0.3, 0.4) is 0 Å². The Morgan fingerprint density at radius 2 is 2.03 bits per heavy atom. The van der Waals surface area contributed by atoms with E-state index in [-0.39, 0.29) is 5.69 Å². The minimum atomic E-state index is -1.08. The Hall–Kier alpha value is -2.81. The number of aliphatic imine (C=N–C) groups is 1. The number of carbonyl (C=O) groups is 1. The zero-order valence-corrected chi connectivity index (χ0v) is 16.0. The predicted octanol–water partition coefficient (Wildman–Crippen LogP) is 4.12. The maximum Gasteiger partial charge on any atom is 0.277 e. The van der Waals surface area contributed by atoms with Gasteiger partial charge in [0.25, 0.3) is 5.91 Å². The highest BCUT2D eigenvalue weighted by atomic mass is 32.2. The summed E-state index contributed by atoms with van der Waals surface area (Å²) in [5.41, 5.74) is 6.03. The van der Waals surface area contributed by atoms with E-state index < -0.39 is 34.6 Å². The third kappa shape index (κ3) is 3.62. The van der Waals surface area contributed by atoms with Crippen LogP contribution in [0, 0.1) is 17.5 Å². The number of nitrogens with two attached hydrogens (primary N) is 1. The maximum atomic E-state index is 14.8. The smallest absolute Gasteiger partial charge is 0.277 e. The fourth-order valence-corrected chi connectivity index (χ4v) is 4.58. The molecule has 1 aromatic heterocycles. The van der Waals surface area contributed by atoms with Crippen LogP contribution in [0.4, 0.5) is 18.9 Å². The SMILES string of the molecule is NC1=N[C@@]2(c3cc(NC(=O)c4ncc(F)cc4F)ccc3F)CCCC=C2CS1. The topological polar surface area (TPSA) is 80.4 Å². The molecule has 5 nitrogen and oxygen atoms in total. The minimum Gasteiger partial charge on any atom is -0.378 e. The van der Waals surface area contributed by atoms with Gasteiger partial charge in [0.2, 0.25) is 0 Å². The molecule has 1 amide bonds. The van der Waals surface area contributed by atoms with Crippen LogP contribution >= 0.6 is 11.8 Å². The van der Waals surface area contributed by atoms with Crippen molar-refractivity contribution in [2.75, 3.05) is 11.1 Å². The summed E-state index contributed by atoms with van der Waals surface area (Å²) in [7, 11) is 0. The molecule has 0 saturated carbocycles. The molecule has 1 atom stereocenters. The number of rotatable bonds is 3. The quantitative estimate of drug-likeness (QED) is 0.735. The molecular weight excluding hydrogens is 401 g/mol. The van der Waals surface area contributed by atoms with Crippen LogP contribution in [0.25, 0.3) is 0 Å². The van der Waals surface area contributed by atoms with Crippen molar-refractivity contribution in [3.05, 3.63) is 70.8 Å². The van der Waals surface area contributed by atoms with E-state index in [4.69, 9.17) is 5.73 Å². The molecule has 0 fully saturated rings. The normalized spacial score (nSPS) is 21.1. The fraction of sp³-hybridized carbons (Fsp3) is 0.250. The molecule has 150 valence electrons. The monoisotopic (exact) mass is 418 g/mol. The third-order valence-electron chi connectivity index (χ3n) is 5.03.